The number of amides is 1. The first-order valence-corrected chi connectivity index (χ1v) is 11.2. The number of carbonyl (C=O) groups excluding carboxylic acids is 1. The second kappa shape index (κ2) is 10.5. The van der Waals surface area contributed by atoms with Crippen molar-refractivity contribution in [1.29, 1.82) is 0 Å². The molecule has 7 nitrogen and oxygen atoms in total. The minimum Gasteiger partial charge on any atom is -0.485 e. The molecule has 0 aliphatic carbocycles. The molecule has 3 N–H and O–H groups in total. The molecule has 0 bridgehead atoms. The zero-order valence-corrected chi connectivity index (χ0v) is 20.1. The van der Waals surface area contributed by atoms with E-state index in [1.54, 1.807) is 0 Å². The number of anilines is 1. The number of hydrogen-bond acceptors (Lipinski definition) is 7. The number of carbonyl (C=O) groups is 1. The molecule has 3 heterocycles. The lowest BCUT2D eigenvalue weighted by Crippen LogP contribution is -2.52. The van der Waals surface area contributed by atoms with Crippen molar-refractivity contribution in [3.05, 3.63) is 53.4 Å². The van der Waals surface area contributed by atoms with E-state index < -0.39 is 59.1 Å². The maximum atomic E-state index is 15.7. The van der Waals surface area contributed by atoms with Crippen LogP contribution in [0.25, 0.3) is 0 Å². The van der Waals surface area contributed by atoms with Crippen molar-refractivity contribution in [2.24, 2.45) is 10.7 Å². The van der Waals surface area contributed by atoms with Crippen LogP contribution in [0.4, 0.5) is 36.4 Å². The van der Waals surface area contributed by atoms with Crippen LogP contribution in [-0.2, 0) is 10.3 Å². The van der Waals surface area contributed by atoms with E-state index >= 15 is 4.39 Å². The van der Waals surface area contributed by atoms with E-state index in [4.69, 9.17) is 10.5 Å². The Morgan fingerprint density at radius 3 is 2.65 bits per heavy atom. The van der Waals surface area contributed by atoms with Gasteiger partial charge in [0.05, 0.1) is 19.4 Å². The van der Waals surface area contributed by atoms with Crippen LogP contribution in [0.3, 0.4) is 0 Å². The lowest BCUT2D eigenvalue weighted by atomic mass is 9.79. The first kappa shape index (κ1) is 28.8. The Bertz CT molecular complexity index is 1220. The van der Waals surface area contributed by atoms with Gasteiger partial charge in [0, 0.05) is 23.1 Å². The van der Waals surface area contributed by atoms with Crippen LogP contribution in [0.5, 0.6) is 5.75 Å². The number of pyridine rings is 1. The minimum absolute atomic E-state index is 0. The van der Waals surface area contributed by atoms with E-state index in [2.05, 4.69) is 20.0 Å². The van der Waals surface area contributed by atoms with Crippen molar-refractivity contribution < 1.29 is 45.0 Å². The summed E-state index contributed by atoms with van der Waals surface area (Å²) >= 11 is 0.955. The van der Waals surface area contributed by atoms with Crippen LogP contribution in [0.15, 0.2) is 35.5 Å². The number of amidine groups is 1. The maximum Gasteiger partial charge on any atom is 0.340 e. The molecule has 1 fully saturated rings. The Morgan fingerprint density at radius 2 is 1.97 bits per heavy atom. The zero-order valence-electron chi connectivity index (χ0n) is 18.5. The van der Waals surface area contributed by atoms with Gasteiger partial charge in [0.1, 0.15) is 11.6 Å². The molecule has 16 heteroatoms. The lowest BCUT2D eigenvalue weighted by Gasteiger charge is -2.38. The van der Waals surface area contributed by atoms with E-state index in [0.717, 1.165) is 30.0 Å². The number of aliphatic imine (C=N–C) groups is 1. The van der Waals surface area contributed by atoms with Gasteiger partial charge in [-0.3, -0.25) is 4.79 Å². The SMILES string of the molecule is Cl.NC1=N[C@@]2(c3cc(NC(=O)c4ncc(OCC(F)(F)C(F)F)cc4F)ccc3F)COC[C@@]2(F)CS1. The van der Waals surface area contributed by atoms with E-state index in [-0.39, 0.29) is 47.8 Å². The van der Waals surface area contributed by atoms with Gasteiger partial charge < -0.3 is 20.5 Å². The highest BCUT2D eigenvalue weighted by Crippen LogP contribution is 2.50. The van der Waals surface area contributed by atoms with Gasteiger partial charge in [0.2, 0.25) is 0 Å². The number of hydrogen-bond donors (Lipinski definition) is 2. The number of thioether (sulfide) groups is 1. The van der Waals surface area contributed by atoms with Gasteiger partial charge in [-0.15, -0.1) is 12.4 Å². The number of alkyl halides is 5. The van der Waals surface area contributed by atoms with Gasteiger partial charge in [-0.05, 0) is 18.2 Å². The highest BCUT2D eigenvalue weighted by Gasteiger charge is 2.61. The monoisotopic (exact) mass is 574 g/mol. The summed E-state index contributed by atoms with van der Waals surface area (Å²) in [5.74, 6) is -8.48. The van der Waals surface area contributed by atoms with Gasteiger partial charge in [-0.25, -0.2) is 31.9 Å². The number of nitrogens with one attached hydrogen (secondary N) is 1. The molecule has 1 aromatic heterocycles. The van der Waals surface area contributed by atoms with Crippen molar-refractivity contribution in [3.8, 4) is 5.75 Å². The quantitative estimate of drug-likeness (QED) is 0.478. The Balaban J connectivity index is 0.00000380. The number of nitrogens with zero attached hydrogens (tertiary/aromatic N) is 2. The summed E-state index contributed by atoms with van der Waals surface area (Å²) in [6.45, 7) is -2.39. The van der Waals surface area contributed by atoms with Crippen LogP contribution in [0.1, 0.15) is 16.1 Å². The molecule has 2 aliphatic rings. The number of fused-ring (bicyclic) bond motifs is 1. The molecular formula is C21H18ClF7N4O3S. The number of ether oxygens (including phenoxy) is 2. The predicted octanol–water partition coefficient (Wildman–Crippen LogP) is 4.31. The Morgan fingerprint density at radius 1 is 1.24 bits per heavy atom. The highest BCUT2D eigenvalue weighted by molar-refractivity contribution is 8.13. The molecule has 4 rings (SSSR count). The van der Waals surface area contributed by atoms with Crippen LogP contribution >= 0.6 is 24.2 Å². The zero-order chi connectivity index (χ0) is 26.3. The van der Waals surface area contributed by atoms with Crippen molar-refractivity contribution in [2.75, 3.05) is 30.9 Å². The van der Waals surface area contributed by atoms with Gasteiger partial charge in [0.15, 0.2) is 34.5 Å². The molecule has 1 aromatic carbocycles. The summed E-state index contributed by atoms with van der Waals surface area (Å²) in [4.78, 5) is 20.2. The van der Waals surface area contributed by atoms with Crippen molar-refractivity contribution >= 4 is 40.9 Å². The summed E-state index contributed by atoms with van der Waals surface area (Å²) in [6, 6.07) is 3.72. The molecule has 1 amide bonds. The highest BCUT2D eigenvalue weighted by atomic mass is 35.5. The van der Waals surface area contributed by atoms with Crippen molar-refractivity contribution in [3.63, 3.8) is 0 Å². The average molecular weight is 575 g/mol. The van der Waals surface area contributed by atoms with Gasteiger partial charge >= 0.3 is 12.3 Å². The largest absolute Gasteiger partial charge is 0.485 e. The minimum atomic E-state index is -4.47. The maximum absolute atomic E-state index is 15.7. The molecule has 2 aliphatic heterocycles. The molecule has 202 valence electrons. The van der Waals surface area contributed by atoms with E-state index in [9.17, 15) is 31.1 Å². The summed E-state index contributed by atoms with van der Waals surface area (Å²) in [5, 5.41) is 2.31. The standard InChI is InChI=1S/C21H17F7N4O3S.ClH/c22-13-2-1-10(3-12(13)20-7-34-6-19(20,26)9-36-18(29)32-20)31-16(33)15-14(23)4-11(5-30-15)35-8-21(27,28)17(24)25;/h1-5,17H,6-9H2,(H2,29,32)(H,31,33);1H/t19-,20-;/m1./s1. The number of aromatic nitrogens is 1. The predicted molar refractivity (Wildman–Crippen MR) is 123 cm³/mol. The molecule has 0 unspecified atom stereocenters. The van der Waals surface area contributed by atoms with Crippen LogP contribution in [-0.4, -0.2) is 59.6 Å². The number of halogens is 8. The van der Waals surface area contributed by atoms with Crippen LogP contribution < -0.4 is 15.8 Å². The summed E-state index contributed by atoms with van der Waals surface area (Å²) < 4.78 is 105. The van der Waals surface area contributed by atoms with E-state index in [0.29, 0.717) is 12.3 Å². The van der Waals surface area contributed by atoms with E-state index in [1.807, 2.05) is 0 Å². The Labute approximate surface area is 215 Å². The van der Waals surface area contributed by atoms with Gasteiger partial charge in [-0.2, -0.15) is 8.78 Å². The first-order chi connectivity index (χ1) is 16.9. The topological polar surface area (TPSA) is 98.8 Å². The normalized spacial score (nSPS) is 23.2. The second-order valence-electron chi connectivity index (χ2n) is 8.06. The molecule has 2 aromatic rings. The van der Waals surface area contributed by atoms with Crippen molar-refractivity contribution in [1.82, 2.24) is 4.98 Å². The summed E-state index contributed by atoms with van der Waals surface area (Å²) in [7, 11) is 0. The third kappa shape index (κ3) is 5.43. The van der Waals surface area contributed by atoms with Gasteiger partial charge in [-0.1, -0.05) is 11.8 Å². The molecule has 2 atom stereocenters. The summed E-state index contributed by atoms with van der Waals surface area (Å²) in [6.07, 6.45) is -3.30. The molecule has 0 saturated carbocycles. The third-order valence-corrected chi connectivity index (χ3v) is 6.57. The number of nitrogens with two attached hydrogens (primary N) is 1. The smallest absolute Gasteiger partial charge is 0.340 e. The average Bonchev–Trinajstić information content (AvgIpc) is 3.16. The molecule has 0 radical (unpaired) electrons. The Kier molecular flexibility index (Phi) is 8.19. The fraction of sp³-hybridized carbons (Fsp3) is 0.381. The third-order valence-electron chi connectivity index (χ3n) is 5.58. The molecule has 0 spiro atoms. The Hall–Kier alpha value is -2.78. The fourth-order valence-electron chi connectivity index (χ4n) is 3.71. The number of benzene rings is 1. The molecular weight excluding hydrogens is 557 g/mol. The number of rotatable bonds is 7. The van der Waals surface area contributed by atoms with Crippen LogP contribution in [0.2, 0.25) is 0 Å². The van der Waals surface area contributed by atoms with E-state index in [1.165, 1.54) is 0 Å². The molecule has 37 heavy (non-hydrogen) atoms. The van der Waals surface area contributed by atoms with Crippen molar-refractivity contribution in [2.45, 2.75) is 23.6 Å². The van der Waals surface area contributed by atoms with Gasteiger partial charge in [0.25, 0.3) is 5.91 Å². The lowest BCUT2D eigenvalue weighted by molar-refractivity contribution is -0.148. The molecule has 1 saturated heterocycles. The summed E-state index contributed by atoms with van der Waals surface area (Å²) in [5.41, 5.74) is 0.796. The fourth-order valence-corrected chi connectivity index (χ4v) is 4.63. The second-order valence-corrected chi connectivity index (χ2v) is 9.05. The first-order valence-electron chi connectivity index (χ1n) is 10.2. The van der Waals surface area contributed by atoms with Crippen LogP contribution in [0, 0.1) is 11.6 Å².